The molecule has 1 aromatic carbocycles. The summed E-state index contributed by atoms with van der Waals surface area (Å²) in [6.07, 6.45) is 10.0. The van der Waals surface area contributed by atoms with Crippen molar-refractivity contribution in [2.75, 3.05) is 13.1 Å². The van der Waals surface area contributed by atoms with Gasteiger partial charge in [-0.15, -0.1) is 0 Å². The minimum absolute atomic E-state index is 0.733. The van der Waals surface area contributed by atoms with Crippen LogP contribution in [0.4, 0.5) is 0 Å². The smallest absolute Gasteiger partial charge is 0.0892 e. The lowest BCUT2D eigenvalue weighted by Crippen LogP contribution is -2.29. The Morgan fingerprint density at radius 1 is 1.05 bits per heavy atom. The van der Waals surface area contributed by atoms with Gasteiger partial charge in [0.25, 0.3) is 0 Å². The van der Waals surface area contributed by atoms with Crippen LogP contribution in [-0.4, -0.2) is 32.8 Å². The largest absolute Gasteiger partial charge is 0.317 e. The summed E-state index contributed by atoms with van der Waals surface area (Å²) in [6.45, 7) is 3.26. The Balaban J connectivity index is 1.56. The van der Waals surface area contributed by atoms with Crippen LogP contribution in [0.3, 0.4) is 0 Å². The van der Waals surface area contributed by atoms with Gasteiger partial charge in [0.15, 0.2) is 0 Å². The monoisotopic (exact) mass is 293 g/mol. The lowest BCUT2D eigenvalue weighted by molar-refractivity contribution is 0.321. The molecule has 0 atom stereocenters. The van der Waals surface area contributed by atoms with E-state index in [2.05, 4.69) is 43.4 Å². The highest BCUT2D eigenvalue weighted by Gasteiger charge is 2.14. The van der Waals surface area contributed by atoms with Gasteiger partial charge >= 0.3 is 0 Å². The molecule has 22 heavy (non-hydrogen) atoms. The van der Waals surface area contributed by atoms with Crippen molar-refractivity contribution in [3.8, 4) is 11.1 Å². The molecule has 0 radical (unpaired) electrons. The maximum atomic E-state index is 4.53. The van der Waals surface area contributed by atoms with Crippen molar-refractivity contribution in [1.82, 2.24) is 25.1 Å². The van der Waals surface area contributed by atoms with Crippen LogP contribution in [-0.2, 0) is 6.54 Å². The third-order valence-corrected chi connectivity index (χ3v) is 4.34. The molecule has 5 heteroatoms. The highest BCUT2D eigenvalue weighted by atomic mass is 15.3. The molecule has 0 spiro atoms. The predicted molar refractivity (Wildman–Crippen MR) is 86.4 cm³/mol. The van der Waals surface area contributed by atoms with Crippen molar-refractivity contribution in [2.24, 2.45) is 5.92 Å². The van der Waals surface area contributed by atoms with Crippen LogP contribution < -0.4 is 5.32 Å². The van der Waals surface area contributed by atoms with Crippen LogP contribution >= 0.6 is 0 Å². The van der Waals surface area contributed by atoms with Gasteiger partial charge in [-0.05, 0) is 49.5 Å². The van der Waals surface area contributed by atoms with E-state index in [1.165, 1.54) is 12.8 Å². The first-order chi connectivity index (χ1) is 10.9. The molecule has 0 bridgehead atoms. The molecular formula is C17H19N5. The predicted octanol–water partition coefficient (Wildman–Crippen LogP) is 2.49. The van der Waals surface area contributed by atoms with E-state index in [0.717, 1.165) is 47.7 Å². The molecule has 1 saturated heterocycles. The zero-order valence-electron chi connectivity index (χ0n) is 12.4. The molecule has 5 nitrogen and oxygen atoms in total. The van der Waals surface area contributed by atoms with Crippen LogP contribution in [0.1, 0.15) is 12.8 Å². The Hall–Kier alpha value is -2.27. The second-order valence-corrected chi connectivity index (χ2v) is 5.90. The van der Waals surface area contributed by atoms with Gasteiger partial charge in [0.2, 0.25) is 0 Å². The lowest BCUT2D eigenvalue weighted by atomic mass is 9.98. The average molecular weight is 293 g/mol. The fraction of sp³-hybridized carbons (Fsp3) is 0.353. The Labute approximate surface area is 129 Å². The normalized spacial score (nSPS) is 16.2. The summed E-state index contributed by atoms with van der Waals surface area (Å²) in [4.78, 5) is 8.68. The van der Waals surface area contributed by atoms with Crippen molar-refractivity contribution in [1.29, 1.82) is 0 Å². The Morgan fingerprint density at radius 3 is 2.73 bits per heavy atom. The molecule has 112 valence electrons. The van der Waals surface area contributed by atoms with Crippen molar-refractivity contribution < 1.29 is 0 Å². The fourth-order valence-electron chi connectivity index (χ4n) is 3.08. The minimum atomic E-state index is 0.733. The van der Waals surface area contributed by atoms with Crippen LogP contribution in [0, 0.1) is 5.92 Å². The number of hydrogen-bond donors (Lipinski definition) is 1. The van der Waals surface area contributed by atoms with Crippen molar-refractivity contribution in [2.45, 2.75) is 19.4 Å². The van der Waals surface area contributed by atoms with Gasteiger partial charge in [-0.1, -0.05) is 6.07 Å². The maximum absolute atomic E-state index is 4.53. The van der Waals surface area contributed by atoms with Crippen LogP contribution in [0.15, 0.2) is 43.0 Å². The number of fused-ring (bicyclic) bond motifs is 1. The van der Waals surface area contributed by atoms with Gasteiger partial charge in [-0.2, -0.15) is 5.10 Å². The summed E-state index contributed by atoms with van der Waals surface area (Å²) in [5.41, 5.74) is 4.13. The van der Waals surface area contributed by atoms with E-state index in [4.69, 9.17) is 0 Å². The number of benzene rings is 1. The molecule has 4 rings (SSSR count). The highest BCUT2D eigenvalue weighted by molar-refractivity contribution is 5.80. The van der Waals surface area contributed by atoms with Crippen LogP contribution in [0.25, 0.3) is 22.2 Å². The first kappa shape index (κ1) is 13.4. The van der Waals surface area contributed by atoms with Crippen LogP contribution in [0.2, 0.25) is 0 Å². The third kappa shape index (κ3) is 2.72. The van der Waals surface area contributed by atoms with Gasteiger partial charge in [0, 0.05) is 30.7 Å². The van der Waals surface area contributed by atoms with E-state index in [9.17, 15) is 0 Å². The Morgan fingerprint density at radius 2 is 1.86 bits per heavy atom. The zero-order valence-corrected chi connectivity index (χ0v) is 12.4. The van der Waals surface area contributed by atoms with Gasteiger partial charge in [0.1, 0.15) is 0 Å². The molecule has 0 saturated carbocycles. The molecular weight excluding hydrogens is 274 g/mol. The maximum Gasteiger partial charge on any atom is 0.0892 e. The summed E-state index contributed by atoms with van der Waals surface area (Å²) in [5.74, 6) is 0.733. The molecule has 1 N–H and O–H groups in total. The zero-order chi connectivity index (χ0) is 14.8. The molecule has 0 amide bonds. The highest BCUT2D eigenvalue weighted by Crippen LogP contribution is 2.23. The standard InChI is InChI=1S/C17H19N5/c1-2-16-17(20-8-7-19-16)9-14(1)15-10-21-22(12-15)11-13-3-5-18-6-4-13/h1-2,7-10,12-13,18H,3-6,11H2. The van der Waals surface area contributed by atoms with E-state index >= 15 is 0 Å². The second kappa shape index (κ2) is 5.85. The molecule has 1 fully saturated rings. The van der Waals surface area contributed by atoms with E-state index < -0.39 is 0 Å². The molecule has 3 aromatic rings. The van der Waals surface area contributed by atoms with Crippen molar-refractivity contribution in [3.63, 3.8) is 0 Å². The lowest BCUT2D eigenvalue weighted by Gasteiger charge is -2.22. The number of nitrogens with zero attached hydrogens (tertiary/aromatic N) is 4. The first-order valence-electron chi connectivity index (χ1n) is 7.83. The molecule has 2 aromatic heterocycles. The number of aromatic nitrogens is 4. The third-order valence-electron chi connectivity index (χ3n) is 4.34. The molecule has 0 unspecified atom stereocenters. The van der Waals surface area contributed by atoms with E-state index in [1.54, 1.807) is 12.4 Å². The second-order valence-electron chi connectivity index (χ2n) is 5.90. The summed E-state index contributed by atoms with van der Waals surface area (Å²) < 4.78 is 2.08. The average Bonchev–Trinajstić information content (AvgIpc) is 3.04. The molecule has 1 aliphatic heterocycles. The van der Waals surface area contributed by atoms with Crippen LogP contribution in [0.5, 0.6) is 0 Å². The summed E-state index contributed by atoms with van der Waals surface area (Å²) >= 11 is 0. The van der Waals surface area contributed by atoms with Crippen molar-refractivity contribution in [3.05, 3.63) is 43.0 Å². The molecule has 3 heterocycles. The van der Waals surface area contributed by atoms with Crippen molar-refractivity contribution >= 4 is 11.0 Å². The number of piperidine rings is 1. The van der Waals surface area contributed by atoms with Gasteiger partial charge in [-0.25, -0.2) is 0 Å². The minimum Gasteiger partial charge on any atom is -0.317 e. The Bertz CT molecular complexity index is 773. The van der Waals surface area contributed by atoms with E-state index in [1.807, 2.05) is 12.3 Å². The van der Waals surface area contributed by atoms with Gasteiger partial charge < -0.3 is 5.32 Å². The number of rotatable bonds is 3. The quantitative estimate of drug-likeness (QED) is 0.806. The topological polar surface area (TPSA) is 55.6 Å². The van der Waals surface area contributed by atoms with E-state index in [-0.39, 0.29) is 0 Å². The summed E-state index contributed by atoms with van der Waals surface area (Å²) in [7, 11) is 0. The van der Waals surface area contributed by atoms with Gasteiger partial charge in [-0.3, -0.25) is 14.6 Å². The molecule has 0 aliphatic carbocycles. The Kier molecular flexibility index (Phi) is 3.56. The molecule has 1 aliphatic rings. The summed E-state index contributed by atoms with van der Waals surface area (Å²) in [5, 5.41) is 7.93. The fourth-order valence-corrected chi connectivity index (χ4v) is 3.08. The summed E-state index contributed by atoms with van der Waals surface area (Å²) in [6, 6.07) is 6.18. The number of nitrogens with one attached hydrogen (secondary N) is 1. The van der Waals surface area contributed by atoms with E-state index in [0.29, 0.717) is 0 Å². The SMILES string of the molecule is c1cnc2cc(-c3cnn(CC4CCNCC4)c3)ccc2n1. The first-order valence-corrected chi connectivity index (χ1v) is 7.83. The number of hydrogen-bond acceptors (Lipinski definition) is 4. The van der Waals surface area contributed by atoms with Gasteiger partial charge in [0.05, 0.1) is 17.2 Å².